The van der Waals surface area contributed by atoms with E-state index in [0.717, 1.165) is 76.5 Å². The van der Waals surface area contributed by atoms with Gasteiger partial charge in [0.25, 0.3) is 5.91 Å². The van der Waals surface area contributed by atoms with Gasteiger partial charge in [0.2, 0.25) is 5.91 Å². The zero-order chi connectivity index (χ0) is 23.6. The number of ether oxygens (including phenoxy) is 1. The SMILES string of the molecule is O=C(/C=C/c1ccccc1)Nc1ccc(N2CCCC2)c(C(=O)NCCCN2CCOCC2)c1. The quantitative estimate of drug-likeness (QED) is 0.441. The van der Waals surface area contributed by atoms with Gasteiger partial charge in [-0.15, -0.1) is 0 Å². The molecule has 2 N–H and O–H groups in total. The van der Waals surface area contributed by atoms with E-state index in [2.05, 4.69) is 20.4 Å². The second-order valence-corrected chi connectivity index (χ2v) is 8.72. The van der Waals surface area contributed by atoms with Crippen LogP contribution in [-0.2, 0) is 9.53 Å². The highest BCUT2D eigenvalue weighted by molar-refractivity contribution is 6.05. The summed E-state index contributed by atoms with van der Waals surface area (Å²) in [5.41, 5.74) is 3.11. The van der Waals surface area contributed by atoms with Crippen LogP contribution in [0.3, 0.4) is 0 Å². The van der Waals surface area contributed by atoms with Crippen molar-refractivity contribution >= 4 is 29.3 Å². The summed E-state index contributed by atoms with van der Waals surface area (Å²) >= 11 is 0. The molecule has 2 heterocycles. The van der Waals surface area contributed by atoms with E-state index in [9.17, 15) is 9.59 Å². The van der Waals surface area contributed by atoms with Crippen molar-refractivity contribution in [2.75, 3.05) is 62.7 Å². The van der Waals surface area contributed by atoms with Crippen LogP contribution >= 0.6 is 0 Å². The fourth-order valence-electron chi connectivity index (χ4n) is 4.37. The minimum absolute atomic E-state index is 0.0974. The number of benzene rings is 2. The molecule has 0 bridgehead atoms. The van der Waals surface area contributed by atoms with Crippen LogP contribution in [-0.4, -0.2) is 69.2 Å². The van der Waals surface area contributed by atoms with Gasteiger partial charge in [-0.1, -0.05) is 30.3 Å². The molecule has 7 heteroatoms. The zero-order valence-electron chi connectivity index (χ0n) is 19.7. The number of carbonyl (C=O) groups is 2. The molecule has 0 aliphatic carbocycles. The number of carbonyl (C=O) groups excluding carboxylic acids is 2. The number of hydrogen-bond donors (Lipinski definition) is 2. The first-order valence-corrected chi connectivity index (χ1v) is 12.2. The number of anilines is 2. The van der Waals surface area contributed by atoms with Gasteiger partial charge in [0, 0.05) is 50.2 Å². The predicted octanol–water partition coefficient (Wildman–Crippen LogP) is 3.39. The molecule has 0 saturated carbocycles. The number of amides is 2. The van der Waals surface area contributed by atoms with Gasteiger partial charge in [-0.2, -0.15) is 0 Å². The summed E-state index contributed by atoms with van der Waals surface area (Å²) in [6, 6.07) is 15.3. The lowest BCUT2D eigenvalue weighted by Crippen LogP contribution is -2.38. The van der Waals surface area contributed by atoms with E-state index < -0.39 is 0 Å². The molecule has 2 aromatic rings. The minimum atomic E-state index is -0.227. The highest BCUT2D eigenvalue weighted by Gasteiger charge is 2.20. The molecule has 2 amide bonds. The van der Waals surface area contributed by atoms with Crippen molar-refractivity contribution in [2.24, 2.45) is 0 Å². The summed E-state index contributed by atoms with van der Waals surface area (Å²) < 4.78 is 5.39. The third kappa shape index (κ3) is 6.92. The Hall–Kier alpha value is -3.16. The van der Waals surface area contributed by atoms with Crippen molar-refractivity contribution in [2.45, 2.75) is 19.3 Å². The maximum atomic E-state index is 13.1. The molecular weight excluding hydrogens is 428 g/mol. The number of nitrogens with one attached hydrogen (secondary N) is 2. The first-order valence-electron chi connectivity index (χ1n) is 12.2. The van der Waals surface area contributed by atoms with Gasteiger partial charge in [-0.05, 0) is 55.6 Å². The lowest BCUT2D eigenvalue weighted by molar-refractivity contribution is -0.111. The summed E-state index contributed by atoms with van der Waals surface area (Å²) in [5, 5.41) is 5.97. The zero-order valence-corrected chi connectivity index (χ0v) is 19.7. The summed E-state index contributed by atoms with van der Waals surface area (Å²) in [7, 11) is 0. The number of hydrogen-bond acceptors (Lipinski definition) is 5. The highest BCUT2D eigenvalue weighted by Crippen LogP contribution is 2.27. The summed E-state index contributed by atoms with van der Waals surface area (Å²) in [4.78, 5) is 30.2. The third-order valence-corrected chi connectivity index (χ3v) is 6.22. The molecule has 7 nitrogen and oxygen atoms in total. The van der Waals surface area contributed by atoms with E-state index in [1.54, 1.807) is 12.1 Å². The Morgan fingerprint density at radius 3 is 2.50 bits per heavy atom. The van der Waals surface area contributed by atoms with Crippen molar-refractivity contribution in [1.29, 1.82) is 0 Å². The Balaban J connectivity index is 1.38. The van der Waals surface area contributed by atoms with Gasteiger partial charge in [0.05, 0.1) is 18.8 Å². The molecular formula is C27H34N4O3. The Morgan fingerprint density at radius 2 is 1.74 bits per heavy atom. The molecule has 2 aliphatic rings. The van der Waals surface area contributed by atoms with E-state index in [1.807, 2.05) is 42.5 Å². The average Bonchev–Trinajstić information content (AvgIpc) is 3.41. The van der Waals surface area contributed by atoms with Crippen molar-refractivity contribution in [1.82, 2.24) is 10.2 Å². The van der Waals surface area contributed by atoms with E-state index in [4.69, 9.17) is 4.74 Å². The van der Waals surface area contributed by atoms with E-state index in [0.29, 0.717) is 17.8 Å². The molecule has 4 rings (SSSR count). The van der Waals surface area contributed by atoms with Gasteiger partial charge in [0.1, 0.15) is 0 Å². The van der Waals surface area contributed by atoms with Gasteiger partial charge >= 0.3 is 0 Å². The highest BCUT2D eigenvalue weighted by atomic mass is 16.5. The molecule has 180 valence electrons. The van der Waals surface area contributed by atoms with Crippen molar-refractivity contribution in [3.05, 3.63) is 65.7 Å². The van der Waals surface area contributed by atoms with Gasteiger partial charge in [-0.25, -0.2) is 0 Å². The van der Waals surface area contributed by atoms with E-state index >= 15 is 0 Å². The average molecular weight is 463 g/mol. The van der Waals surface area contributed by atoms with Crippen LogP contribution in [0.25, 0.3) is 6.08 Å². The summed E-state index contributed by atoms with van der Waals surface area (Å²) in [6.07, 6.45) is 6.43. The summed E-state index contributed by atoms with van der Waals surface area (Å²) in [6.45, 7) is 6.93. The minimum Gasteiger partial charge on any atom is -0.379 e. The lowest BCUT2D eigenvalue weighted by Gasteiger charge is -2.26. The number of morpholine rings is 1. The molecule has 0 aromatic heterocycles. The van der Waals surface area contributed by atoms with Crippen molar-refractivity contribution in [3.8, 4) is 0 Å². The van der Waals surface area contributed by atoms with Crippen molar-refractivity contribution < 1.29 is 14.3 Å². The van der Waals surface area contributed by atoms with E-state index in [-0.39, 0.29) is 11.8 Å². The monoisotopic (exact) mass is 462 g/mol. The lowest BCUT2D eigenvalue weighted by atomic mass is 10.1. The molecule has 0 radical (unpaired) electrons. The van der Waals surface area contributed by atoms with Crippen LogP contribution in [0.15, 0.2) is 54.6 Å². The molecule has 0 unspecified atom stereocenters. The smallest absolute Gasteiger partial charge is 0.253 e. The molecule has 34 heavy (non-hydrogen) atoms. The normalized spacial score (nSPS) is 16.6. The largest absolute Gasteiger partial charge is 0.379 e. The molecule has 2 saturated heterocycles. The molecule has 0 spiro atoms. The number of nitrogens with zero attached hydrogens (tertiary/aromatic N) is 2. The second-order valence-electron chi connectivity index (χ2n) is 8.72. The standard InChI is InChI=1S/C27H34N4O3/c32-26(12-9-22-7-2-1-3-8-22)29-23-10-11-25(31-15-4-5-16-31)24(21-23)27(33)28-13-6-14-30-17-19-34-20-18-30/h1-3,7-12,21H,4-6,13-20H2,(H,28,33)(H,29,32)/b12-9+. The maximum absolute atomic E-state index is 13.1. The van der Waals surface area contributed by atoms with Crippen LogP contribution in [0.4, 0.5) is 11.4 Å². The van der Waals surface area contributed by atoms with Gasteiger partial charge in [0.15, 0.2) is 0 Å². The predicted molar refractivity (Wildman–Crippen MR) is 136 cm³/mol. The Kier molecular flexibility index (Phi) is 8.71. The topological polar surface area (TPSA) is 73.9 Å². The fraction of sp³-hybridized carbons (Fsp3) is 0.407. The number of rotatable bonds is 9. The van der Waals surface area contributed by atoms with Crippen LogP contribution in [0, 0.1) is 0 Å². The van der Waals surface area contributed by atoms with Crippen LogP contribution in [0.1, 0.15) is 35.2 Å². The molecule has 0 atom stereocenters. The first-order chi connectivity index (χ1) is 16.7. The van der Waals surface area contributed by atoms with Crippen LogP contribution < -0.4 is 15.5 Å². The Labute approximate surface area is 201 Å². The molecule has 2 aromatic carbocycles. The molecule has 2 fully saturated rings. The second kappa shape index (κ2) is 12.3. The van der Waals surface area contributed by atoms with Crippen LogP contribution in [0.2, 0.25) is 0 Å². The summed E-state index contributed by atoms with van der Waals surface area (Å²) in [5.74, 6) is -0.325. The molecule has 2 aliphatic heterocycles. The van der Waals surface area contributed by atoms with E-state index in [1.165, 1.54) is 6.08 Å². The van der Waals surface area contributed by atoms with Gasteiger partial charge in [-0.3, -0.25) is 14.5 Å². The Bertz CT molecular complexity index is 981. The fourth-order valence-corrected chi connectivity index (χ4v) is 4.37. The third-order valence-electron chi connectivity index (χ3n) is 6.22. The van der Waals surface area contributed by atoms with Crippen molar-refractivity contribution in [3.63, 3.8) is 0 Å². The van der Waals surface area contributed by atoms with Crippen LogP contribution in [0.5, 0.6) is 0 Å². The Morgan fingerprint density at radius 1 is 0.971 bits per heavy atom. The van der Waals surface area contributed by atoms with Gasteiger partial charge < -0.3 is 20.3 Å². The first kappa shape index (κ1) is 24.0. The maximum Gasteiger partial charge on any atom is 0.253 e.